The van der Waals surface area contributed by atoms with Crippen LogP contribution in [-0.4, -0.2) is 35.5 Å². The van der Waals surface area contributed by atoms with Gasteiger partial charge in [0.1, 0.15) is 11.7 Å². The summed E-state index contributed by atoms with van der Waals surface area (Å²) >= 11 is 0. The third-order valence-electron chi connectivity index (χ3n) is 6.23. The van der Waals surface area contributed by atoms with Gasteiger partial charge in [0.05, 0.1) is 0 Å². The molecule has 1 aliphatic carbocycles. The lowest BCUT2D eigenvalue weighted by atomic mass is 9.62. The second-order valence-electron chi connectivity index (χ2n) is 7.38. The highest BCUT2D eigenvalue weighted by Gasteiger charge is 2.60. The largest absolute Gasteiger partial charge is 0.467 e. The Kier molecular flexibility index (Phi) is 3.97. The van der Waals surface area contributed by atoms with Crippen molar-refractivity contribution in [1.29, 1.82) is 0 Å². The number of hydrogen-bond acceptors (Lipinski definition) is 3. The summed E-state index contributed by atoms with van der Waals surface area (Å²) in [6, 6.07) is 7.92. The molecule has 5 heteroatoms. The Hall–Kier alpha value is -2.04. The molecule has 1 saturated carbocycles. The van der Waals surface area contributed by atoms with Crippen LogP contribution in [-0.2, 0) is 9.59 Å². The number of carbonyl (C=O) groups excluding carboxylic acids is 2. The fourth-order valence-electron chi connectivity index (χ4n) is 5.07. The highest BCUT2D eigenvalue weighted by molar-refractivity contribution is 6.02. The SMILES string of the molecule is CCN(CC)C(=O)[C@H]1C(=O)N[C@]23CCCC[C@@H]2[C@H]1c1ccccc1O3. The van der Waals surface area contributed by atoms with Gasteiger partial charge in [0.25, 0.3) is 0 Å². The fourth-order valence-corrected chi connectivity index (χ4v) is 5.07. The molecule has 1 saturated heterocycles. The van der Waals surface area contributed by atoms with E-state index in [1.807, 2.05) is 38.1 Å². The van der Waals surface area contributed by atoms with Crippen molar-refractivity contribution in [3.05, 3.63) is 29.8 Å². The van der Waals surface area contributed by atoms with Crippen molar-refractivity contribution in [2.24, 2.45) is 11.8 Å². The first-order valence-corrected chi connectivity index (χ1v) is 9.50. The molecule has 2 bridgehead atoms. The van der Waals surface area contributed by atoms with E-state index in [0.717, 1.165) is 37.0 Å². The number of nitrogens with one attached hydrogen (secondary N) is 1. The van der Waals surface area contributed by atoms with Gasteiger partial charge < -0.3 is 15.0 Å². The van der Waals surface area contributed by atoms with E-state index in [9.17, 15) is 9.59 Å². The number of piperidine rings is 1. The molecule has 4 rings (SSSR count). The molecule has 2 amide bonds. The molecule has 0 unspecified atom stereocenters. The lowest BCUT2D eigenvalue weighted by molar-refractivity contribution is -0.165. The Labute approximate surface area is 148 Å². The third kappa shape index (κ3) is 2.35. The predicted molar refractivity (Wildman–Crippen MR) is 94.1 cm³/mol. The van der Waals surface area contributed by atoms with Gasteiger partial charge in [-0.25, -0.2) is 0 Å². The minimum atomic E-state index is -0.652. The van der Waals surface area contributed by atoms with Gasteiger partial charge in [-0.15, -0.1) is 0 Å². The van der Waals surface area contributed by atoms with Gasteiger partial charge in [-0.05, 0) is 38.3 Å². The van der Waals surface area contributed by atoms with Gasteiger partial charge >= 0.3 is 0 Å². The number of amides is 2. The van der Waals surface area contributed by atoms with Crippen molar-refractivity contribution in [3.8, 4) is 5.75 Å². The Morgan fingerprint density at radius 3 is 2.80 bits per heavy atom. The van der Waals surface area contributed by atoms with Crippen molar-refractivity contribution in [1.82, 2.24) is 10.2 Å². The van der Waals surface area contributed by atoms with E-state index in [1.54, 1.807) is 4.90 Å². The van der Waals surface area contributed by atoms with Crippen LogP contribution >= 0.6 is 0 Å². The highest BCUT2D eigenvalue weighted by atomic mass is 16.5. The van der Waals surface area contributed by atoms with Crippen LogP contribution in [0.2, 0.25) is 0 Å². The summed E-state index contributed by atoms with van der Waals surface area (Å²) < 4.78 is 6.35. The van der Waals surface area contributed by atoms with Gasteiger partial charge in [-0.2, -0.15) is 0 Å². The van der Waals surface area contributed by atoms with E-state index in [4.69, 9.17) is 4.74 Å². The Morgan fingerprint density at radius 1 is 1.28 bits per heavy atom. The summed E-state index contributed by atoms with van der Waals surface area (Å²) in [6.45, 7) is 5.18. The maximum atomic E-state index is 13.2. The van der Waals surface area contributed by atoms with Crippen molar-refractivity contribution < 1.29 is 14.3 Å². The van der Waals surface area contributed by atoms with Gasteiger partial charge in [0, 0.05) is 31.3 Å². The smallest absolute Gasteiger partial charge is 0.236 e. The number of fused-ring (bicyclic) bond motifs is 2. The van der Waals surface area contributed by atoms with E-state index in [0.29, 0.717) is 13.1 Å². The molecular weight excluding hydrogens is 316 g/mol. The van der Waals surface area contributed by atoms with Crippen LogP contribution in [0.25, 0.3) is 0 Å². The molecule has 134 valence electrons. The molecule has 5 nitrogen and oxygen atoms in total. The number of carbonyl (C=O) groups is 2. The Bertz CT molecular complexity index is 700. The van der Waals surface area contributed by atoms with Crippen LogP contribution in [0, 0.1) is 11.8 Å². The summed E-state index contributed by atoms with van der Waals surface area (Å²) in [5.74, 6) is 0.0209. The van der Waals surface area contributed by atoms with E-state index >= 15 is 0 Å². The van der Waals surface area contributed by atoms with Crippen molar-refractivity contribution in [2.45, 2.75) is 51.2 Å². The molecule has 25 heavy (non-hydrogen) atoms. The van der Waals surface area contributed by atoms with Crippen molar-refractivity contribution in [2.75, 3.05) is 13.1 Å². The lowest BCUT2D eigenvalue weighted by Crippen LogP contribution is -2.70. The fraction of sp³-hybridized carbons (Fsp3) is 0.600. The van der Waals surface area contributed by atoms with Gasteiger partial charge in [0.15, 0.2) is 5.72 Å². The zero-order valence-electron chi connectivity index (χ0n) is 15.0. The van der Waals surface area contributed by atoms with Crippen LogP contribution in [0.4, 0.5) is 0 Å². The maximum Gasteiger partial charge on any atom is 0.236 e. The van der Waals surface area contributed by atoms with Gasteiger partial charge in [-0.1, -0.05) is 24.6 Å². The molecule has 2 aliphatic heterocycles. The third-order valence-corrected chi connectivity index (χ3v) is 6.23. The second kappa shape index (κ2) is 6.04. The normalized spacial score (nSPS) is 32.7. The number of benzene rings is 1. The minimum absolute atomic E-state index is 0.0524. The first-order chi connectivity index (χ1) is 12.1. The summed E-state index contributed by atoms with van der Waals surface area (Å²) in [5, 5.41) is 3.13. The maximum absolute atomic E-state index is 13.2. The zero-order chi connectivity index (χ0) is 17.6. The zero-order valence-corrected chi connectivity index (χ0v) is 15.0. The number of ether oxygens (including phenoxy) is 1. The highest BCUT2D eigenvalue weighted by Crippen LogP contribution is 2.55. The van der Waals surface area contributed by atoms with Crippen molar-refractivity contribution >= 4 is 11.8 Å². The molecular formula is C20H26N2O3. The number of rotatable bonds is 3. The van der Waals surface area contributed by atoms with E-state index in [2.05, 4.69) is 5.32 Å². The molecule has 1 aromatic rings. The molecule has 3 aliphatic rings. The summed E-state index contributed by atoms with van der Waals surface area (Å²) in [4.78, 5) is 28.0. The standard InChI is InChI=1S/C20H26N2O3/c1-3-22(4-2)19(24)17-16-13-9-5-6-11-15(13)25-20(21-18(17)23)12-8-7-10-14(16)20/h5-6,9,11,14,16-17H,3-4,7-8,10,12H2,1-2H3,(H,21,23)/t14-,16-,17-,20+/m1/s1. The molecule has 2 fully saturated rings. The van der Waals surface area contributed by atoms with E-state index < -0.39 is 11.6 Å². The molecule has 0 aromatic heterocycles. The average molecular weight is 342 g/mol. The van der Waals surface area contributed by atoms with Gasteiger partial charge in [0.2, 0.25) is 11.8 Å². The quantitative estimate of drug-likeness (QED) is 0.859. The Morgan fingerprint density at radius 2 is 2.04 bits per heavy atom. The minimum Gasteiger partial charge on any atom is -0.467 e. The lowest BCUT2D eigenvalue weighted by Gasteiger charge is -2.56. The number of nitrogens with zero attached hydrogens (tertiary/aromatic N) is 1. The first kappa shape index (κ1) is 16.4. The van der Waals surface area contributed by atoms with E-state index in [-0.39, 0.29) is 23.7 Å². The summed E-state index contributed by atoms with van der Waals surface area (Å²) in [6.07, 6.45) is 3.97. The molecule has 1 N–H and O–H groups in total. The van der Waals surface area contributed by atoms with Crippen LogP contribution in [0.1, 0.15) is 51.0 Å². The predicted octanol–water partition coefficient (Wildman–Crippen LogP) is 2.66. The van der Waals surface area contributed by atoms with Gasteiger partial charge in [-0.3, -0.25) is 9.59 Å². The summed E-state index contributed by atoms with van der Waals surface area (Å²) in [5.41, 5.74) is 0.388. The molecule has 0 radical (unpaired) electrons. The van der Waals surface area contributed by atoms with Crippen LogP contribution in [0.15, 0.2) is 24.3 Å². The Balaban J connectivity index is 1.83. The van der Waals surface area contributed by atoms with Crippen LogP contribution < -0.4 is 10.1 Å². The molecule has 4 atom stereocenters. The molecule has 0 spiro atoms. The number of hydrogen-bond donors (Lipinski definition) is 1. The van der Waals surface area contributed by atoms with Crippen LogP contribution in [0.5, 0.6) is 5.75 Å². The second-order valence-corrected chi connectivity index (χ2v) is 7.38. The molecule has 1 aromatic carbocycles. The van der Waals surface area contributed by atoms with Crippen molar-refractivity contribution in [3.63, 3.8) is 0 Å². The summed E-state index contributed by atoms with van der Waals surface area (Å²) in [7, 11) is 0. The number of para-hydroxylation sites is 1. The first-order valence-electron chi connectivity index (χ1n) is 9.50. The monoisotopic (exact) mass is 342 g/mol. The van der Waals surface area contributed by atoms with Crippen LogP contribution in [0.3, 0.4) is 0 Å². The topological polar surface area (TPSA) is 58.6 Å². The average Bonchev–Trinajstić information content (AvgIpc) is 2.61. The molecule has 2 heterocycles. The van der Waals surface area contributed by atoms with E-state index in [1.165, 1.54) is 0 Å².